The van der Waals surface area contributed by atoms with Gasteiger partial charge in [0.15, 0.2) is 0 Å². The number of benzene rings is 2. The summed E-state index contributed by atoms with van der Waals surface area (Å²) in [6.07, 6.45) is 2.00. The molecule has 0 aliphatic carbocycles. The Balaban J connectivity index is 2.09. The monoisotopic (exact) mass is 276 g/mol. The molecule has 0 N–H and O–H groups in total. The van der Waals surface area contributed by atoms with Crippen molar-refractivity contribution in [3.8, 4) is 0 Å². The summed E-state index contributed by atoms with van der Waals surface area (Å²) in [6, 6.07) is 14.8. The van der Waals surface area contributed by atoms with E-state index in [1.807, 2.05) is 6.21 Å². The van der Waals surface area contributed by atoms with Gasteiger partial charge in [0, 0.05) is 35.4 Å². The van der Waals surface area contributed by atoms with Crippen LogP contribution < -0.4 is 0 Å². The van der Waals surface area contributed by atoms with Gasteiger partial charge in [0.25, 0.3) is 0 Å². The van der Waals surface area contributed by atoms with Crippen LogP contribution in [0.5, 0.6) is 0 Å². The van der Waals surface area contributed by atoms with E-state index in [1.54, 1.807) is 0 Å². The molecule has 2 nitrogen and oxygen atoms in total. The quantitative estimate of drug-likeness (QED) is 0.595. The fraction of sp³-hybridized carbons (Fsp3) is 0.211. The average Bonchev–Trinajstić information content (AvgIpc) is 2.71. The van der Waals surface area contributed by atoms with Crippen molar-refractivity contribution in [2.45, 2.75) is 20.8 Å². The molecule has 21 heavy (non-hydrogen) atoms. The molecule has 1 aromatic heterocycles. The second kappa shape index (κ2) is 5.21. The number of fused-ring (bicyclic) bond motifs is 1. The molecule has 2 heteroatoms. The van der Waals surface area contributed by atoms with Crippen LogP contribution in [0, 0.1) is 20.8 Å². The Morgan fingerprint density at radius 3 is 2.52 bits per heavy atom. The maximum atomic E-state index is 4.70. The van der Waals surface area contributed by atoms with Crippen LogP contribution in [0.1, 0.15) is 22.4 Å². The van der Waals surface area contributed by atoms with Crippen molar-refractivity contribution in [1.29, 1.82) is 0 Å². The first-order valence-corrected chi connectivity index (χ1v) is 7.23. The van der Waals surface area contributed by atoms with E-state index in [2.05, 4.69) is 74.9 Å². The molecule has 3 rings (SSSR count). The van der Waals surface area contributed by atoms with Gasteiger partial charge in [-0.05, 0) is 38.5 Å². The maximum absolute atomic E-state index is 4.70. The van der Waals surface area contributed by atoms with Crippen molar-refractivity contribution in [2.75, 3.05) is 0 Å². The van der Waals surface area contributed by atoms with Crippen molar-refractivity contribution in [2.24, 2.45) is 12.0 Å². The highest BCUT2D eigenvalue weighted by Crippen LogP contribution is 2.25. The molecular weight excluding hydrogens is 256 g/mol. The van der Waals surface area contributed by atoms with Gasteiger partial charge in [-0.15, -0.1) is 0 Å². The van der Waals surface area contributed by atoms with Crippen LogP contribution >= 0.6 is 0 Å². The summed E-state index contributed by atoms with van der Waals surface area (Å²) in [5.74, 6) is 0. The van der Waals surface area contributed by atoms with E-state index < -0.39 is 0 Å². The molecule has 0 spiro atoms. The van der Waals surface area contributed by atoms with Gasteiger partial charge in [0.1, 0.15) is 0 Å². The number of nitrogens with zero attached hydrogens (tertiary/aromatic N) is 2. The van der Waals surface area contributed by atoms with Gasteiger partial charge in [-0.2, -0.15) is 0 Å². The van der Waals surface area contributed by atoms with Crippen molar-refractivity contribution >= 4 is 22.8 Å². The molecule has 0 bridgehead atoms. The molecule has 0 radical (unpaired) electrons. The fourth-order valence-electron chi connectivity index (χ4n) is 2.80. The van der Waals surface area contributed by atoms with Crippen LogP contribution in [0.3, 0.4) is 0 Å². The Morgan fingerprint density at radius 1 is 1.00 bits per heavy atom. The Morgan fingerprint density at radius 2 is 1.76 bits per heavy atom. The van der Waals surface area contributed by atoms with Crippen LogP contribution in [-0.2, 0) is 7.05 Å². The molecule has 0 aliphatic heterocycles. The van der Waals surface area contributed by atoms with Gasteiger partial charge >= 0.3 is 0 Å². The largest absolute Gasteiger partial charge is 0.347 e. The highest BCUT2D eigenvalue weighted by molar-refractivity contribution is 6.01. The highest BCUT2D eigenvalue weighted by Gasteiger charge is 2.09. The third-order valence-corrected chi connectivity index (χ3v) is 4.13. The number of aryl methyl sites for hydroxylation is 3. The maximum Gasteiger partial charge on any atom is 0.0659 e. The van der Waals surface area contributed by atoms with Crippen LogP contribution in [0.4, 0.5) is 5.69 Å². The van der Waals surface area contributed by atoms with E-state index in [-0.39, 0.29) is 0 Å². The normalized spacial score (nSPS) is 11.6. The molecule has 106 valence electrons. The number of aromatic nitrogens is 1. The molecular formula is C19H20N2. The molecule has 0 unspecified atom stereocenters. The van der Waals surface area contributed by atoms with Gasteiger partial charge in [0.05, 0.1) is 5.69 Å². The van der Waals surface area contributed by atoms with Gasteiger partial charge in [-0.1, -0.05) is 35.9 Å². The molecule has 0 fully saturated rings. The summed E-state index contributed by atoms with van der Waals surface area (Å²) in [4.78, 5) is 4.70. The van der Waals surface area contributed by atoms with E-state index in [9.17, 15) is 0 Å². The van der Waals surface area contributed by atoms with Gasteiger partial charge in [-0.3, -0.25) is 4.99 Å². The van der Waals surface area contributed by atoms with Gasteiger partial charge in [-0.25, -0.2) is 0 Å². The predicted octanol–water partition coefficient (Wildman–Crippen LogP) is 4.85. The minimum absolute atomic E-state index is 1.04. The van der Waals surface area contributed by atoms with E-state index in [4.69, 9.17) is 4.99 Å². The molecule has 0 saturated carbocycles. The second-order valence-electron chi connectivity index (χ2n) is 5.62. The van der Waals surface area contributed by atoms with E-state index in [0.29, 0.717) is 0 Å². The summed E-state index contributed by atoms with van der Waals surface area (Å²) in [6.45, 7) is 6.36. The first-order valence-electron chi connectivity index (χ1n) is 7.23. The summed E-state index contributed by atoms with van der Waals surface area (Å²) in [7, 11) is 2.10. The summed E-state index contributed by atoms with van der Waals surface area (Å²) in [5, 5.41) is 1.26. The van der Waals surface area contributed by atoms with Crippen molar-refractivity contribution in [1.82, 2.24) is 4.57 Å². The molecule has 0 amide bonds. The summed E-state index contributed by atoms with van der Waals surface area (Å²) in [5.41, 5.74) is 7.21. The highest BCUT2D eigenvalue weighted by atomic mass is 14.9. The van der Waals surface area contributed by atoms with Gasteiger partial charge in [0.2, 0.25) is 0 Å². The number of aliphatic imine (C=N–C) groups is 1. The van der Waals surface area contributed by atoms with Crippen molar-refractivity contribution < 1.29 is 0 Å². The lowest BCUT2D eigenvalue weighted by atomic mass is 10.1. The number of hydrogen-bond donors (Lipinski definition) is 0. The average molecular weight is 276 g/mol. The van der Waals surface area contributed by atoms with Crippen molar-refractivity contribution in [3.05, 3.63) is 64.8 Å². The summed E-state index contributed by atoms with van der Waals surface area (Å²) >= 11 is 0. The Bertz CT molecular complexity index is 838. The van der Waals surface area contributed by atoms with Crippen LogP contribution in [0.2, 0.25) is 0 Å². The number of hydrogen-bond acceptors (Lipinski definition) is 1. The van der Waals surface area contributed by atoms with Gasteiger partial charge < -0.3 is 4.57 Å². The number of rotatable bonds is 2. The Hall–Kier alpha value is -2.35. The van der Waals surface area contributed by atoms with Crippen molar-refractivity contribution in [3.63, 3.8) is 0 Å². The summed E-state index contributed by atoms with van der Waals surface area (Å²) < 4.78 is 2.22. The Kier molecular flexibility index (Phi) is 3.38. The smallest absolute Gasteiger partial charge is 0.0659 e. The minimum atomic E-state index is 1.04. The van der Waals surface area contributed by atoms with Crippen LogP contribution in [0.15, 0.2) is 47.5 Å². The molecule has 3 aromatic rings. The Labute approximate surface area is 125 Å². The third kappa shape index (κ3) is 2.38. The lowest BCUT2D eigenvalue weighted by Crippen LogP contribution is -1.91. The fourth-order valence-corrected chi connectivity index (χ4v) is 2.80. The first kappa shape index (κ1) is 13.6. The van der Waals surface area contributed by atoms with Crippen LogP contribution in [0.25, 0.3) is 10.9 Å². The lowest BCUT2D eigenvalue weighted by Gasteiger charge is -2.01. The zero-order valence-electron chi connectivity index (χ0n) is 13.0. The second-order valence-corrected chi connectivity index (χ2v) is 5.62. The molecule has 0 saturated heterocycles. The molecule has 0 aliphatic rings. The number of para-hydroxylation sites is 1. The van der Waals surface area contributed by atoms with E-state index in [1.165, 1.54) is 33.3 Å². The SMILES string of the molecule is Cc1ccc(N=Cc2c(C)n(C)c3ccccc23)c(C)c1. The topological polar surface area (TPSA) is 17.3 Å². The minimum Gasteiger partial charge on any atom is -0.347 e. The third-order valence-electron chi connectivity index (χ3n) is 4.13. The van der Waals surface area contributed by atoms with Crippen LogP contribution in [-0.4, -0.2) is 10.8 Å². The lowest BCUT2D eigenvalue weighted by molar-refractivity contribution is 0.917. The molecule has 1 heterocycles. The van der Waals surface area contributed by atoms with E-state index >= 15 is 0 Å². The standard InChI is InChI=1S/C19H20N2/c1-13-9-10-18(14(2)11-13)20-12-17-15(3)21(4)19-8-6-5-7-16(17)19/h5-12H,1-4H3. The first-order chi connectivity index (χ1) is 10.1. The predicted molar refractivity (Wildman–Crippen MR) is 90.8 cm³/mol. The molecule has 2 aromatic carbocycles. The zero-order chi connectivity index (χ0) is 15.0. The molecule has 0 atom stereocenters. The van der Waals surface area contributed by atoms with E-state index in [0.717, 1.165) is 5.69 Å². The zero-order valence-corrected chi connectivity index (χ0v) is 13.0.